The SMILES string of the molecule is CNC(Cc1cccc(Cl)c1)CC1CCOCC1. The molecule has 1 saturated heterocycles. The van der Waals surface area contributed by atoms with Gasteiger partial charge >= 0.3 is 0 Å². The van der Waals surface area contributed by atoms with Crippen molar-refractivity contribution < 1.29 is 4.74 Å². The van der Waals surface area contributed by atoms with Crippen molar-refractivity contribution in [2.75, 3.05) is 20.3 Å². The van der Waals surface area contributed by atoms with Gasteiger partial charge in [-0.05, 0) is 56.3 Å². The minimum Gasteiger partial charge on any atom is -0.381 e. The fraction of sp³-hybridized carbons (Fsp3) is 0.600. The summed E-state index contributed by atoms with van der Waals surface area (Å²) in [7, 11) is 2.05. The van der Waals surface area contributed by atoms with E-state index in [4.69, 9.17) is 16.3 Å². The van der Waals surface area contributed by atoms with Gasteiger partial charge in [-0.25, -0.2) is 0 Å². The first-order valence-electron chi connectivity index (χ1n) is 6.77. The molecule has 1 atom stereocenters. The van der Waals surface area contributed by atoms with Gasteiger partial charge in [0, 0.05) is 24.3 Å². The first-order chi connectivity index (χ1) is 8.78. The first kappa shape index (κ1) is 13.9. The van der Waals surface area contributed by atoms with Crippen molar-refractivity contribution in [3.05, 3.63) is 34.9 Å². The van der Waals surface area contributed by atoms with E-state index in [1.54, 1.807) is 0 Å². The molecule has 0 radical (unpaired) electrons. The molecule has 100 valence electrons. The van der Waals surface area contributed by atoms with Crippen molar-refractivity contribution in [2.24, 2.45) is 5.92 Å². The van der Waals surface area contributed by atoms with Crippen molar-refractivity contribution in [3.8, 4) is 0 Å². The Morgan fingerprint density at radius 1 is 1.39 bits per heavy atom. The van der Waals surface area contributed by atoms with E-state index in [1.165, 1.54) is 24.8 Å². The zero-order chi connectivity index (χ0) is 12.8. The summed E-state index contributed by atoms with van der Waals surface area (Å²) in [4.78, 5) is 0. The highest BCUT2D eigenvalue weighted by atomic mass is 35.5. The predicted octanol–water partition coefficient (Wildman–Crippen LogP) is 3.29. The van der Waals surface area contributed by atoms with E-state index < -0.39 is 0 Å². The van der Waals surface area contributed by atoms with Gasteiger partial charge in [-0.15, -0.1) is 0 Å². The van der Waals surface area contributed by atoms with Crippen LogP contribution in [0.1, 0.15) is 24.8 Å². The van der Waals surface area contributed by atoms with Crippen molar-refractivity contribution >= 4 is 11.6 Å². The Kier molecular flexibility index (Phi) is 5.48. The van der Waals surface area contributed by atoms with Crippen LogP contribution >= 0.6 is 11.6 Å². The lowest BCUT2D eigenvalue weighted by molar-refractivity contribution is 0.0608. The molecule has 18 heavy (non-hydrogen) atoms. The summed E-state index contributed by atoms with van der Waals surface area (Å²) in [6.45, 7) is 1.86. The minimum absolute atomic E-state index is 0.534. The largest absolute Gasteiger partial charge is 0.381 e. The van der Waals surface area contributed by atoms with Crippen LogP contribution in [0.15, 0.2) is 24.3 Å². The number of benzene rings is 1. The minimum atomic E-state index is 0.534. The van der Waals surface area contributed by atoms with Gasteiger partial charge in [0.1, 0.15) is 0 Å². The fourth-order valence-corrected chi connectivity index (χ4v) is 2.85. The molecule has 0 saturated carbocycles. The lowest BCUT2D eigenvalue weighted by Gasteiger charge is -2.26. The van der Waals surface area contributed by atoms with E-state index in [1.807, 2.05) is 12.1 Å². The third-order valence-electron chi connectivity index (χ3n) is 3.74. The average molecular weight is 268 g/mol. The van der Waals surface area contributed by atoms with Crippen molar-refractivity contribution in [2.45, 2.75) is 31.7 Å². The quantitative estimate of drug-likeness (QED) is 0.884. The molecule has 1 unspecified atom stereocenters. The highest BCUT2D eigenvalue weighted by Gasteiger charge is 2.18. The van der Waals surface area contributed by atoms with E-state index in [-0.39, 0.29) is 0 Å². The van der Waals surface area contributed by atoms with Gasteiger partial charge < -0.3 is 10.1 Å². The van der Waals surface area contributed by atoms with E-state index in [0.29, 0.717) is 6.04 Å². The van der Waals surface area contributed by atoms with Crippen LogP contribution in [0.4, 0.5) is 0 Å². The molecule has 2 rings (SSSR count). The maximum absolute atomic E-state index is 6.03. The molecule has 1 aromatic carbocycles. The molecule has 3 heteroatoms. The smallest absolute Gasteiger partial charge is 0.0468 e. The molecular weight excluding hydrogens is 246 g/mol. The number of ether oxygens (including phenoxy) is 1. The molecule has 1 fully saturated rings. The summed E-state index contributed by atoms with van der Waals surface area (Å²) >= 11 is 6.03. The van der Waals surface area contributed by atoms with Crippen molar-refractivity contribution in [3.63, 3.8) is 0 Å². The Labute approximate surface area is 115 Å². The Balaban J connectivity index is 1.88. The summed E-state index contributed by atoms with van der Waals surface area (Å²) in [6, 6.07) is 8.71. The van der Waals surface area contributed by atoms with Gasteiger partial charge in [-0.2, -0.15) is 0 Å². The molecule has 1 N–H and O–H groups in total. The van der Waals surface area contributed by atoms with Crippen LogP contribution in [0.25, 0.3) is 0 Å². The Morgan fingerprint density at radius 2 is 2.17 bits per heavy atom. The molecule has 1 aliphatic heterocycles. The molecule has 1 aromatic rings. The Hall–Kier alpha value is -0.570. The standard InChI is InChI=1S/C15H22ClNO/c1-17-15(10-12-5-7-18-8-6-12)11-13-3-2-4-14(16)9-13/h2-4,9,12,15,17H,5-8,10-11H2,1H3. The average Bonchev–Trinajstić information content (AvgIpc) is 2.39. The maximum atomic E-state index is 6.03. The highest BCUT2D eigenvalue weighted by molar-refractivity contribution is 6.30. The van der Waals surface area contributed by atoms with Gasteiger partial charge in [0.25, 0.3) is 0 Å². The topological polar surface area (TPSA) is 21.3 Å². The van der Waals surface area contributed by atoms with Crippen LogP contribution in [0.2, 0.25) is 5.02 Å². The summed E-state index contributed by atoms with van der Waals surface area (Å²) in [6.07, 6.45) is 4.68. The molecular formula is C15H22ClNO. The first-order valence-corrected chi connectivity index (χ1v) is 7.15. The third kappa shape index (κ3) is 4.27. The number of hydrogen-bond donors (Lipinski definition) is 1. The third-order valence-corrected chi connectivity index (χ3v) is 3.97. The molecule has 0 aliphatic carbocycles. The lowest BCUT2D eigenvalue weighted by Crippen LogP contribution is -2.31. The second-order valence-corrected chi connectivity index (χ2v) is 5.55. The zero-order valence-corrected chi connectivity index (χ0v) is 11.7. The summed E-state index contributed by atoms with van der Waals surface area (Å²) in [5.41, 5.74) is 1.31. The monoisotopic (exact) mass is 267 g/mol. The normalized spacial score (nSPS) is 18.8. The zero-order valence-electron chi connectivity index (χ0n) is 11.0. The summed E-state index contributed by atoms with van der Waals surface area (Å²) in [5, 5.41) is 4.26. The number of likely N-dealkylation sites (N-methyl/N-ethyl adjacent to an activating group) is 1. The van der Waals surface area contributed by atoms with E-state index in [9.17, 15) is 0 Å². The van der Waals surface area contributed by atoms with Crippen LogP contribution < -0.4 is 5.32 Å². The van der Waals surface area contributed by atoms with Gasteiger partial charge in [-0.1, -0.05) is 23.7 Å². The van der Waals surface area contributed by atoms with Crippen molar-refractivity contribution in [1.29, 1.82) is 0 Å². The Bertz CT molecular complexity index is 363. The predicted molar refractivity (Wildman–Crippen MR) is 76.2 cm³/mol. The summed E-state index contributed by atoms with van der Waals surface area (Å²) < 4.78 is 5.41. The van der Waals surface area contributed by atoms with Gasteiger partial charge in [-0.3, -0.25) is 0 Å². The van der Waals surface area contributed by atoms with Gasteiger partial charge in [0.2, 0.25) is 0 Å². The maximum Gasteiger partial charge on any atom is 0.0468 e. The summed E-state index contributed by atoms with van der Waals surface area (Å²) in [5.74, 6) is 0.801. The van der Waals surface area contributed by atoms with Crippen LogP contribution in [-0.2, 0) is 11.2 Å². The molecule has 1 aliphatic rings. The number of halogens is 1. The van der Waals surface area contributed by atoms with Gasteiger partial charge in [0.05, 0.1) is 0 Å². The lowest BCUT2D eigenvalue weighted by atomic mass is 9.90. The molecule has 2 nitrogen and oxygen atoms in total. The van der Waals surface area contributed by atoms with Crippen LogP contribution in [0.3, 0.4) is 0 Å². The number of hydrogen-bond acceptors (Lipinski definition) is 2. The van der Waals surface area contributed by atoms with Gasteiger partial charge in [0.15, 0.2) is 0 Å². The molecule has 0 spiro atoms. The molecule has 0 bridgehead atoms. The number of nitrogens with one attached hydrogen (secondary N) is 1. The second kappa shape index (κ2) is 7.13. The van der Waals surface area contributed by atoms with Crippen molar-refractivity contribution in [1.82, 2.24) is 5.32 Å². The molecule has 0 amide bonds. The fourth-order valence-electron chi connectivity index (χ4n) is 2.64. The Morgan fingerprint density at radius 3 is 2.83 bits per heavy atom. The van der Waals surface area contributed by atoms with Crippen LogP contribution in [0.5, 0.6) is 0 Å². The van der Waals surface area contributed by atoms with E-state index in [0.717, 1.165) is 30.6 Å². The number of rotatable bonds is 5. The van der Waals surface area contributed by atoms with Crippen LogP contribution in [0, 0.1) is 5.92 Å². The molecule has 0 aromatic heterocycles. The van der Waals surface area contributed by atoms with E-state index in [2.05, 4.69) is 24.5 Å². The second-order valence-electron chi connectivity index (χ2n) is 5.11. The van der Waals surface area contributed by atoms with Crippen LogP contribution in [-0.4, -0.2) is 26.3 Å². The molecule has 1 heterocycles. The highest BCUT2D eigenvalue weighted by Crippen LogP contribution is 2.22. The van der Waals surface area contributed by atoms with E-state index >= 15 is 0 Å².